The molecule has 144 valence electrons. The zero-order chi connectivity index (χ0) is 19.8. The number of anilines is 1. The number of benzene rings is 2. The number of hydrogen-bond donors (Lipinski definition) is 0. The van der Waals surface area contributed by atoms with Gasteiger partial charge in [0.2, 0.25) is 0 Å². The van der Waals surface area contributed by atoms with Gasteiger partial charge in [-0.05, 0) is 49.7 Å². The van der Waals surface area contributed by atoms with E-state index in [1.807, 2.05) is 62.4 Å². The molecule has 5 heteroatoms. The van der Waals surface area contributed by atoms with E-state index in [0.717, 1.165) is 5.56 Å². The van der Waals surface area contributed by atoms with Gasteiger partial charge in [-0.3, -0.25) is 9.69 Å². The van der Waals surface area contributed by atoms with E-state index >= 15 is 0 Å². The van der Waals surface area contributed by atoms with Crippen LogP contribution in [0.4, 0.5) is 5.82 Å². The molecule has 0 aliphatic rings. The number of hydrogen-bond acceptors (Lipinski definition) is 4. The van der Waals surface area contributed by atoms with Gasteiger partial charge in [-0.25, -0.2) is 4.98 Å². The summed E-state index contributed by atoms with van der Waals surface area (Å²) in [7, 11) is 0. The fourth-order valence-corrected chi connectivity index (χ4v) is 2.88. The first-order valence-electron chi connectivity index (χ1n) is 9.39. The lowest BCUT2D eigenvalue weighted by Gasteiger charge is -2.22. The van der Waals surface area contributed by atoms with Crippen molar-refractivity contribution in [2.75, 3.05) is 18.1 Å². The third kappa shape index (κ3) is 4.68. The second kappa shape index (κ2) is 9.55. The molecule has 0 aliphatic heterocycles. The molecule has 0 atom stereocenters. The zero-order valence-electron chi connectivity index (χ0n) is 16.2. The molecule has 0 aliphatic carbocycles. The van der Waals surface area contributed by atoms with Crippen LogP contribution in [0.15, 0.2) is 72.9 Å². The highest BCUT2D eigenvalue weighted by atomic mass is 16.5. The van der Waals surface area contributed by atoms with Crippen LogP contribution < -0.4 is 14.4 Å². The fraction of sp³-hybridized carbons (Fsp3) is 0.217. The summed E-state index contributed by atoms with van der Waals surface area (Å²) in [6, 6.07) is 20.7. The van der Waals surface area contributed by atoms with Gasteiger partial charge in [-0.2, -0.15) is 0 Å². The van der Waals surface area contributed by atoms with E-state index in [1.54, 1.807) is 29.3 Å². The summed E-state index contributed by atoms with van der Waals surface area (Å²) in [5, 5.41) is 0. The van der Waals surface area contributed by atoms with Crippen molar-refractivity contribution in [1.29, 1.82) is 0 Å². The first kappa shape index (κ1) is 19.4. The van der Waals surface area contributed by atoms with Crippen LogP contribution in [-0.2, 0) is 6.54 Å². The van der Waals surface area contributed by atoms with Crippen LogP contribution in [0.3, 0.4) is 0 Å². The summed E-state index contributed by atoms with van der Waals surface area (Å²) >= 11 is 0. The number of pyridine rings is 1. The second-order valence-electron chi connectivity index (χ2n) is 6.09. The number of rotatable bonds is 8. The van der Waals surface area contributed by atoms with Crippen molar-refractivity contribution in [3.63, 3.8) is 0 Å². The average molecular weight is 376 g/mol. The molecule has 0 spiro atoms. The minimum atomic E-state index is -0.147. The lowest BCUT2D eigenvalue weighted by molar-refractivity contribution is 0.0984. The van der Waals surface area contributed by atoms with E-state index in [1.165, 1.54) is 0 Å². The van der Waals surface area contributed by atoms with E-state index in [-0.39, 0.29) is 5.91 Å². The first-order valence-corrected chi connectivity index (χ1v) is 9.39. The van der Waals surface area contributed by atoms with Gasteiger partial charge in [0.1, 0.15) is 5.82 Å². The highest BCUT2D eigenvalue weighted by Gasteiger charge is 2.21. The molecule has 28 heavy (non-hydrogen) atoms. The largest absolute Gasteiger partial charge is 0.490 e. The Balaban J connectivity index is 1.95. The first-order chi connectivity index (χ1) is 13.7. The van der Waals surface area contributed by atoms with Gasteiger partial charge in [0.15, 0.2) is 11.5 Å². The van der Waals surface area contributed by atoms with Gasteiger partial charge in [-0.15, -0.1) is 0 Å². The number of carbonyl (C=O) groups is 1. The Morgan fingerprint density at radius 1 is 0.893 bits per heavy atom. The molecule has 1 aromatic heterocycles. The molecule has 5 nitrogen and oxygen atoms in total. The summed E-state index contributed by atoms with van der Waals surface area (Å²) in [6.07, 6.45) is 1.68. The summed E-state index contributed by atoms with van der Waals surface area (Å²) in [5.74, 6) is 1.65. The highest BCUT2D eigenvalue weighted by Crippen LogP contribution is 2.30. The Morgan fingerprint density at radius 3 is 2.29 bits per heavy atom. The summed E-state index contributed by atoms with van der Waals surface area (Å²) in [4.78, 5) is 19.4. The second-order valence-corrected chi connectivity index (χ2v) is 6.09. The predicted molar refractivity (Wildman–Crippen MR) is 110 cm³/mol. The molecular weight excluding hydrogens is 352 g/mol. The molecule has 1 amide bonds. The monoisotopic (exact) mass is 376 g/mol. The molecule has 0 bridgehead atoms. The standard InChI is InChI=1S/C23H24N2O3/c1-3-27-20-14-13-19(16-21(20)28-4-2)23(26)25(22-12-8-9-15-24-22)17-18-10-6-5-7-11-18/h5-16H,3-4,17H2,1-2H3. The van der Waals surface area contributed by atoms with Crippen LogP contribution in [-0.4, -0.2) is 24.1 Å². The smallest absolute Gasteiger partial charge is 0.259 e. The van der Waals surface area contributed by atoms with Crippen LogP contribution >= 0.6 is 0 Å². The maximum absolute atomic E-state index is 13.4. The van der Waals surface area contributed by atoms with Crippen LogP contribution in [0, 0.1) is 0 Å². The van der Waals surface area contributed by atoms with Gasteiger partial charge in [0, 0.05) is 11.8 Å². The van der Waals surface area contributed by atoms with E-state index < -0.39 is 0 Å². The maximum atomic E-state index is 13.4. The third-order valence-corrected chi connectivity index (χ3v) is 4.14. The Kier molecular flexibility index (Phi) is 6.63. The van der Waals surface area contributed by atoms with Crippen LogP contribution in [0.2, 0.25) is 0 Å². The minimum absolute atomic E-state index is 0.147. The van der Waals surface area contributed by atoms with Crippen molar-refractivity contribution in [2.24, 2.45) is 0 Å². The van der Waals surface area contributed by atoms with Crippen LogP contribution in [0.1, 0.15) is 29.8 Å². The predicted octanol–water partition coefficient (Wildman–Crippen LogP) is 4.73. The van der Waals surface area contributed by atoms with E-state index in [0.29, 0.717) is 42.6 Å². The summed E-state index contributed by atoms with van der Waals surface area (Å²) in [6.45, 7) is 5.26. The number of aromatic nitrogens is 1. The number of amides is 1. The topological polar surface area (TPSA) is 51.7 Å². The zero-order valence-corrected chi connectivity index (χ0v) is 16.2. The molecule has 1 heterocycles. The molecule has 3 rings (SSSR count). The summed E-state index contributed by atoms with van der Waals surface area (Å²) < 4.78 is 11.3. The number of nitrogens with zero attached hydrogens (tertiary/aromatic N) is 2. The summed E-state index contributed by atoms with van der Waals surface area (Å²) in [5.41, 5.74) is 1.55. The Hall–Kier alpha value is -3.34. The number of carbonyl (C=O) groups excluding carboxylic acids is 1. The van der Waals surface area contributed by atoms with E-state index in [2.05, 4.69) is 4.98 Å². The third-order valence-electron chi connectivity index (χ3n) is 4.14. The van der Waals surface area contributed by atoms with E-state index in [4.69, 9.17) is 9.47 Å². The minimum Gasteiger partial charge on any atom is -0.490 e. The Bertz CT molecular complexity index is 898. The normalized spacial score (nSPS) is 10.4. The fourth-order valence-electron chi connectivity index (χ4n) is 2.88. The molecule has 0 radical (unpaired) electrons. The molecular formula is C23H24N2O3. The molecule has 3 aromatic rings. The molecule has 0 fully saturated rings. The van der Waals surface area contributed by atoms with Crippen molar-refractivity contribution in [3.8, 4) is 11.5 Å². The Morgan fingerprint density at radius 2 is 1.61 bits per heavy atom. The van der Waals surface area contributed by atoms with Crippen molar-refractivity contribution in [1.82, 2.24) is 4.98 Å². The molecule has 0 saturated heterocycles. The molecule has 0 unspecified atom stereocenters. The molecule has 2 aromatic carbocycles. The van der Waals surface area contributed by atoms with Gasteiger partial charge < -0.3 is 9.47 Å². The van der Waals surface area contributed by atoms with Gasteiger partial charge in [0.05, 0.1) is 19.8 Å². The molecule has 0 saturated carbocycles. The lowest BCUT2D eigenvalue weighted by Crippen LogP contribution is -2.31. The van der Waals surface area contributed by atoms with Crippen molar-refractivity contribution >= 4 is 11.7 Å². The van der Waals surface area contributed by atoms with Crippen LogP contribution in [0.25, 0.3) is 0 Å². The molecule has 0 N–H and O–H groups in total. The van der Waals surface area contributed by atoms with Crippen molar-refractivity contribution in [2.45, 2.75) is 20.4 Å². The number of ether oxygens (including phenoxy) is 2. The van der Waals surface area contributed by atoms with Gasteiger partial charge in [0.25, 0.3) is 5.91 Å². The van der Waals surface area contributed by atoms with E-state index in [9.17, 15) is 4.79 Å². The van der Waals surface area contributed by atoms with Crippen molar-refractivity contribution in [3.05, 3.63) is 84.1 Å². The van der Waals surface area contributed by atoms with Crippen LogP contribution in [0.5, 0.6) is 11.5 Å². The lowest BCUT2D eigenvalue weighted by atomic mass is 10.1. The average Bonchev–Trinajstić information content (AvgIpc) is 2.74. The highest BCUT2D eigenvalue weighted by molar-refractivity contribution is 6.05. The Labute approximate surface area is 165 Å². The van der Waals surface area contributed by atoms with Gasteiger partial charge >= 0.3 is 0 Å². The van der Waals surface area contributed by atoms with Crippen molar-refractivity contribution < 1.29 is 14.3 Å². The SMILES string of the molecule is CCOc1ccc(C(=O)N(Cc2ccccc2)c2ccccn2)cc1OCC. The maximum Gasteiger partial charge on any atom is 0.259 e. The van der Waals surface area contributed by atoms with Gasteiger partial charge in [-0.1, -0.05) is 36.4 Å². The quantitative estimate of drug-likeness (QED) is 0.570.